The number of rotatable bonds is 5. The Kier molecular flexibility index (Phi) is 5.03. The lowest BCUT2D eigenvalue weighted by atomic mass is 10.0. The average Bonchev–Trinajstić information content (AvgIpc) is 3.12. The number of nitrogens with zero attached hydrogens (tertiary/aromatic N) is 1. The third-order valence-corrected chi connectivity index (χ3v) is 4.49. The summed E-state index contributed by atoms with van der Waals surface area (Å²) in [6.45, 7) is 1.89. The molecular weight excluding hydrogens is 316 g/mol. The Morgan fingerprint density at radius 1 is 0.960 bits per heavy atom. The van der Waals surface area contributed by atoms with E-state index < -0.39 is 0 Å². The fraction of sp³-hybridized carbons (Fsp3) is 0.300. The third-order valence-electron chi connectivity index (χ3n) is 4.49. The van der Waals surface area contributed by atoms with Crippen LogP contribution < -0.4 is 14.9 Å². The van der Waals surface area contributed by atoms with Gasteiger partial charge in [0.25, 0.3) is 5.91 Å². The Labute approximate surface area is 147 Å². The number of nitrogens with one attached hydrogen (secondary N) is 1. The molecule has 2 aromatic carbocycles. The van der Waals surface area contributed by atoms with E-state index in [0.29, 0.717) is 17.1 Å². The highest BCUT2D eigenvalue weighted by atomic mass is 16.5. The van der Waals surface area contributed by atoms with Crippen molar-refractivity contribution in [1.82, 2.24) is 5.43 Å². The van der Waals surface area contributed by atoms with Crippen LogP contribution in [-0.2, 0) is 12.8 Å². The third kappa shape index (κ3) is 3.65. The monoisotopic (exact) mass is 338 g/mol. The fourth-order valence-corrected chi connectivity index (χ4v) is 3.04. The molecule has 0 radical (unpaired) electrons. The summed E-state index contributed by atoms with van der Waals surface area (Å²) in [4.78, 5) is 12.3. The molecule has 0 aliphatic heterocycles. The molecule has 1 N–H and O–H groups in total. The van der Waals surface area contributed by atoms with Crippen molar-refractivity contribution in [2.24, 2.45) is 5.10 Å². The van der Waals surface area contributed by atoms with Gasteiger partial charge in [-0.3, -0.25) is 4.79 Å². The van der Waals surface area contributed by atoms with E-state index in [1.807, 2.05) is 6.92 Å². The minimum absolute atomic E-state index is 0.290. The second kappa shape index (κ2) is 7.38. The van der Waals surface area contributed by atoms with Crippen molar-refractivity contribution >= 4 is 11.6 Å². The van der Waals surface area contributed by atoms with Crippen molar-refractivity contribution < 1.29 is 14.3 Å². The summed E-state index contributed by atoms with van der Waals surface area (Å²) in [6.07, 6.45) is 3.49. The lowest BCUT2D eigenvalue weighted by Gasteiger charge is -2.09. The van der Waals surface area contributed by atoms with Gasteiger partial charge >= 0.3 is 0 Å². The minimum Gasteiger partial charge on any atom is -0.493 e. The predicted octanol–water partition coefficient (Wildman–Crippen LogP) is 3.35. The summed E-state index contributed by atoms with van der Waals surface area (Å²) >= 11 is 0. The first-order valence-electron chi connectivity index (χ1n) is 8.31. The molecule has 0 saturated carbocycles. The topological polar surface area (TPSA) is 59.9 Å². The molecule has 0 bridgehead atoms. The molecule has 2 aromatic rings. The molecule has 0 saturated heterocycles. The second-order valence-electron chi connectivity index (χ2n) is 6.04. The summed E-state index contributed by atoms with van der Waals surface area (Å²) in [5.41, 5.74) is 7.69. The van der Waals surface area contributed by atoms with Gasteiger partial charge < -0.3 is 9.47 Å². The summed E-state index contributed by atoms with van der Waals surface area (Å²) < 4.78 is 10.4. The summed E-state index contributed by atoms with van der Waals surface area (Å²) in [5.74, 6) is 0.799. The van der Waals surface area contributed by atoms with Gasteiger partial charge in [-0.15, -0.1) is 0 Å². The first-order chi connectivity index (χ1) is 12.1. The number of aryl methyl sites for hydroxylation is 2. The van der Waals surface area contributed by atoms with Crippen LogP contribution in [0.5, 0.6) is 11.5 Å². The lowest BCUT2D eigenvalue weighted by Crippen LogP contribution is -2.19. The Morgan fingerprint density at radius 3 is 2.44 bits per heavy atom. The Morgan fingerprint density at radius 2 is 1.68 bits per heavy atom. The number of hydrogen-bond donors (Lipinski definition) is 1. The normalized spacial score (nSPS) is 13.3. The highest BCUT2D eigenvalue weighted by Gasteiger charge is 2.13. The Bertz CT molecular complexity index is 828. The molecule has 0 fully saturated rings. The first kappa shape index (κ1) is 17.0. The maximum atomic E-state index is 12.3. The van der Waals surface area contributed by atoms with E-state index in [4.69, 9.17) is 9.47 Å². The largest absolute Gasteiger partial charge is 0.493 e. The van der Waals surface area contributed by atoms with Gasteiger partial charge in [0, 0.05) is 5.56 Å². The zero-order valence-electron chi connectivity index (χ0n) is 14.8. The highest BCUT2D eigenvalue weighted by Crippen LogP contribution is 2.27. The minimum atomic E-state index is -0.290. The van der Waals surface area contributed by atoms with Crippen molar-refractivity contribution in [2.75, 3.05) is 14.2 Å². The molecule has 25 heavy (non-hydrogen) atoms. The van der Waals surface area contributed by atoms with Gasteiger partial charge in [-0.1, -0.05) is 12.1 Å². The van der Waals surface area contributed by atoms with Crippen LogP contribution in [0.3, 0.4) is 0 Å². The average molecular weight is 338 g/mol. The first-order valence-corrected chi connectivity index (χ1v) is 8.31. The summed E-state index contributed by atoms with van der Waals surface area (Å²) in [7, 11) is 3.09. The number of hydrazone groups is 1. The number of methoxy groups -OCH3 is 2. The zero-order chi connectivity index (χ0) is 17.8. The molecule has 0 spiro atoms. The van der Waals surface area contributed by atoms with Crippen LogP contribution in [0, 0.1) is 0 Å². The van der Waals surface area contributed by atoms with Crippen LogP contribution in [0.2, 0.25) is 0 Å². The van der Waals surface area contributed by atoms with Crippen molar-refractivity contribution in [1.29, 1.82) is 0 Å². The molecule has 0 unspecified atom stereocenters. The molecule has 3 rings (SSSR count). The molecule has 0 aromatic heterocycles. The second-order valence-corrected chi connectivity index (χ2v) is 6.04. The van der Waals surface area contributed by atoms with Gasteiger partial charge in [0.15, 0.2) is 11.5 Å². The molecule has 0 atom stereocenters. The van der Waals surface area contributed by atoms with Crippen LogP contribution in [-0.4, -0.2) is 25.8 Å². The number of carbonyl (C=O) groups excluding carboxylic acids is 1. The molecule has 1 aliphatic carbocycles. The molecule has 1 aliphatic rings. The zero-order valence-corrected chi connectivity index (χ0v) is 14.8. The van der Waals surface area contributed by atoms with Crippen molar-refractivity contribution in [3.05, 3.63) is 58.7 Å². The fourth-order valence-electron chi connectivity index (χ4n) is 3.04. The van der Waals surface area contributed by atoms with Crippen LogP contribution in [0.1, 0.15) is 40.4 Å². The Hall–Kier alpha value is -2.82. The number of fused-ring (bicyclic) bond motifs is 1. The van der Waals surface area contributed by atoms with Crippen LogP contribution >= 0.6 is 0 Å². The quantitative estimate of drug-likeness (QED) is 0.672. The summed E-state index contributed by atoms with van der Waals surface area (Å²) in [5, 5.41) is 4.24. The van der Waals surface area contributed by atoms with Gasteiger partial charge in [-0.05, 0) is 67.1 Å². The highest BCUT2D eigenvalue weighted by molar-refractivity contribution is 6.01. The number of amides is 1. The van der Waals surface area contributed by atoms with Gasteiger partial charge in [-0.2, -0.15) is 5.10 Å². The van der Waals surface area contributed by atoms with Crippen LogP contribution in [0.25, 0.3) is 0 Å². The van der Waals surface area contributed by atoms with Gasteiger partial charge in [-0.25, -0.2) is 5.43 Å². The predicted molar refractivity (Wildman–Crippen MR) is 97.7 cm³/mol. The van der Waals surface area contributed by atoms with E-state index in [-0.39, 0.29) is 5.91 Å². The maximum Gasteiger partial charge on any atom is 0.271 e. The van der Waals surface area contributed by atoms with Crippen molar-refractivity contribution in [3.63, 3.8) is 0 Å². The molecule has 130 valence electrons. The standard InChI is InChI=1S/C20H22N2O3/c1-13(15-8-7-14-5-4-6-16(14)11-15)21-22-20(23)17-9-10-18(24-2)19(12-17)25-3/h7-12H,4-6H2,1-3H3,(H,22,23)/b21-13-. The molecule has 5 nitrogen and oxygen atoms in total. The summed E-state index contributed by atoms with van der Waals surface area (Å²) in [6, 6.07) is 11.4. The molecule has 5 heteroatoms. The van der Waals surface area contributed by atoms with E-state index >= 15 is 0 Å². The lowest BCUT2D eigenvalue weighted by molar-refractivity contribution is 0.0954. The maximum absolute atomic E-state index is 12.3. The van der Waals surface area contributed by atoms with Crippen molar-refractivity contribution in [2.45, 2.75) is 26.2 Å². The number of benzene rings is 2. The van der Waals surface area contributed by atoms with E-state index in [2.05, 4.69) is 28.7 Å². The molecule has 1 amide bonds. The number of hydrogen-bond acceptors (Lipinski definition) is 4. The van der Waals surface area contributed by atoms with E-state index in [0.717, 1.165) is 24.1 Å². The molecule has 0 heterocycles. The van der Waals surface area contributed by atoms with Gasteiger partial charge in [0.05, 0.1) is 19.9 Å². The molecular formula is C20H22N2O3. The van der Waals surface area contributed by atoms with E-state index in [1.54, 1.807) is 25.3 Å². The van der Waals surface area contributed by atoms with Gasteiger partial charge in [0.1, 0.15) is 0 Å². The number of carbonyl (C=O) groups is 1. The van der Waals surface area contributed by atoms with E-state index in [9.17, 15) is 4.79 Å². The van der Waals surface area contributed by atoms with Crippen molar-refractivity contribution in [3.8, 4) is 11.5 Å². The number of ether oxygens (including phenoxy) is 2. The SMILES string of the molecule is COc1ccc(C(=O)N/N=C(/C)c2ccc3c(c2)CCC3)cc1OC. The van der Waals surface area contributed by atoms with Crippen LogP contribution in [0.15, 0.2) is 41.5 Å². The van der Waals surface area contributed by atoms with E-state index in [1.165, 1.54) is 24.7 Å². The smallest absolute Gasteiger partial charge is 0.271 e. The van der Waals surface area contributed by atoms with Gasteiger partial charge in [0.2, 0.25) is 0 Å². The Balaban J connectivity index is 1.73. The van der Waals surface area contributed by atoms with Crippen LogP contribution in [0.4, 0.5) is 0 Å².